The lowest BCUT2D eigenvalue weighted by molar-refractivity contribution is -0.161. The number of aliphatic hydroxyl groups excluding tert-OH is 1. The van der Waals surface area contributed by atoms with Crippen molar-refractivity contribution in [1.29, 1.82) is 0 Å². The highest BCUT2D eigenvalue weighted by molar-refractivity contribution is 5.99. The Morgan fingerprint density at radius 1 is 0.978 bits per heavy atom. The number of fused-ring (bicyclic) bond motifs is 2. The highest BCUT2D eigenvalue weighted by Gasteiger charge is 2.72. The van der Waals surface area contributed by atoms with Crippen molar-refractivity contribution in [3.63, 3.8) is 0 Å². The second-order valence-electron chi connectivity index (χ2n) is 12.7. The van der Waals surface area contributed by atoms with Crippen molar-refractivity contribution in [2.75, 3.05) is 19.7 Å². The van der Waals surface area contributed by atoms with Gasteiger partial charge >= 0.3 is 5.97 Å². The molecule has 2 aromatic rings. The normalized spacial score (nSPS) is 31.2. The number of cyclic esters (lactones) is 1. The van der Waals surface area contributed by atoms with Gasteiger partial charge in [-0.05, 0) is 37.8 Å². The molecule has 46 heavy (non-hydrogen) atoms. The number of allylic oxidation sites excluding steroid dienone is 1. The Hall–Kier alpha value is -4.28. The topological polar surface area (TPSA) is 125 Å². The Morgan fingerprint density at radius 3 is 2.39 bits per heavy atom. The van der Waals surface area contributed by atoms with Gasteiger partial charge in [-0.1, -0.05) is 85.0 Å². The quantitative estimate of drug-likeness (QED) is 0.373. The van der Waals surface area contributed by atoms with Crippen LogP contribution in [0.25, 0.3) is 0 Å². The summed E-state index contributed by atoms with van der Waals surface area (Å²) in [6.07, 6.45) is 6.39. The average Bonchev–Trinajstić information content (AvgIpc) is 3.44. The zero-order chi connectivity index (χ0) is 32.4. The first-order valence-corrected chi connectivity index (χ1v) is 16.1. The van der Waals surface area contributed by atoms with Crippen LogP contribution in [0.5, 0.6) is 0 Å². The summed E-state index contributed by atoms with van der Waals surface area (Å²) in [5.74, 6) is -3.70. The maximum Gasteiger partial charge on any atom is 0.313 e. The molecule has 242 valence electrons. The molecule has 10 nitrogen and oxygen atoms in total. The minimum atomic E-state index is -1.48. The molecule has 2 saturated heterocycles. The van der Waals surface area contributed by atoms with Crippen molar-refractivity contribution in [2.45, 2.75) is 69.0 Å². The van der Waals surface area contributed by atoms with Gasteiger partial charge in [0.15, 0.2) is 0 Å². The third-order valence-corrected chi connectivity index (χ3v) is 9.55. The molecule has 7 atom stereocenters. The van der Waals surface area contributed by atoms with E-state index in [0.717, 1.165) is 5.56 Å². The fourth-order valence-electron chi connectivity index (χ4n) is 7.36. The van der Waals surface area contributed by atoms with E-state index < -0.39 is 53.6 Å². The largest absolute Gasteiger partial charge is 0.455 e. The second-order valence-corrected chi connectivity index (χ2v) is 12.7. The van der Waals surface area contributed by atoms with E-state index in [1.807, 2.05) is 80.6 Å². The van der Waals surface area contributed by atoms with Gasteiger partial charge in [0.25, 0.3) is 0 Å². The lowest BCUT2D eigenvalue weighted by Crippen LogP contribution is -2.59. The first-order chi connectivity index (χ1) is 22.2. The summed E-state index contributed by atoms with van der Waals surface area (Å²) in [6.45, 7) is 3.83. The number of benzene rings is 2. The average molecular weight is 628 g/mol. The van der Waals surface area contributed by atoms with Crippen LogP contribution in [0.15, 0.2) is 85.0 Å². The lowest BCUT2D eigenvalue weighted by atomic mass is 9.77. The van der Waals surface area contributed by atoms with E-state index in [4.69, 9.17) is 9.47 Å². The molecule has 1 spiro atoms. The van der Waals surface area contributed by atoms with Crippen LogP contribution in [-0.2, 0) is 35.1 Å². The molecule has 0 aliphatic carbocycles. The molecule has 2 N–H and O–H groups in total. The highest BCUT2D eigenvalue weighted by Crippen LogP contribution is 2.54. The van der Waals surface area contributed by atoms with Crippen molar-refractivity contribution in [2.24, 2.45) is 11.8 Å². The standard InChI is InChI=1S/C36H41N3O7/c1-23(2)38-19-11-18-36-31(33(42)39(32(36)34(38)43)26(22-40)20-24-12-5-3-6-13-24)30-27(46-36)16-9-10-17-29(41)37-21-28(45-35(30)44)25-14-7-4-8-15-25/h3-9,11-16,18,23,26-28,30-32,40H,10,17,19-22H2,1-2H3,(H,37,41)/b16-9-/t26-,27+,28-,30-,31-,32+,36-/m1/s1. The van der Waals surface area contributed by atoms with Gasteiger partial charge < -0.3 is 29.7 Å². The van der Waals surface area contributed by atoms with Crippen LogP contribution in [0.1, 0.15) is 43.9 Å². The number of carbonyl (C=O) groups is 4. The number of hydrogen-bond donors (Lipinski definition) is 2. The van der Waals surface area contributed by atoms with E-state index >= 15 is 0 Å². The summed E-state index contributed by atoms with van der Waals surface area (Å²) in [6, 6.07) is 16.6. The summed E-state index contributed by atoms with van der Waals surface area (Å²) in [4.78, 5) is 59.3. The van der Waals surface area contributed by atoms with Crippen LogP contribution in [0, 0.1) is 11.8 Å². The molecule has 2 fully saturated rings. The molecule has 0 radical (unpaired) electrons. The smallest absolute Gasteiger partial charge is 0.313 e. The second kappa shape index (κ2) is 13.2. The Balaban J connectivity index is 1.45. The number of nitrogens with one attached hydrogen (secondary N) is 1. The maximum absolute atomic E-state index is 14.8. The molecular weight excluding hydrogens is 586 g/mol. The molecule has 4 aliphatic heterocycles. The van der Waals surface area contributed by atoms with E-state index in [0.29, 0.717) is 24.9 Å². The van der Waals surface area contributed by atoms with Crippen LogP contribution < -0.4 is 5.32 Å². The number of carbonyl (C=O) groups excluding carboxylic acids is 4. The number of rotatable bonds is 6. The van der Waals surface area contributed by atoms with Crippen LogP contribution in [0.3, 0.4) is 0 Å². The molecule has 4 aliphatic rings. The van der Waals surface area contributed by atoms with Gasteiger partial charge in [-0.3, -0.25) is 19.2 Å². The Bertz CT molecular complexity index is 1510. The van der Waals surface area contributed by atoms with Crippen LogP contribution in [0.4, 0.5) is 0 Å². The third kappa shape index (κ3) is 5.76. The van der Waals surface area contributed by atoms with Crippen molar-refractivity contribution in [3.8, 4) is 0 Å². The number of nitrogens with zero attached hydrogens (tertiary/aromatic N) is 2. The number of amides is 3. The number of ether oxygens (including phenoxy) is 2. The molecule has 10 heteroatoms. The summed E-state index contributed by atoms with van der Waals surface area (Å²) in [5, 5.41) is 13.6. The summed E-state index contributed by atoms with van der Waals surface area (Å²) in [5.41, 5.74) is 0.126. The van der Waals surface area contributed by atoms with Crippen LogP contribution in [0.2, 0.25) is 0 Å². The molecule has 3 amide bonds. The zero-order valence-corrected chi connectivity index (χ0v) is 26.2. The first-order valence-electron chi connectivity index (χ1n) is 16.1. The number of hydrogen-bond acceptors (Lipinski definition) is 7. The molecule has 4 heterocycles. The molecule has 6 rings (SSSR count). The predicted molar refractivity (Wildman–Crippen MR) is 169 cm³/mol. The molecule has 0 saturated carbocycles. The summed E-state index contributed by atoms with van der Waals surface area (Å²) >= 11 is 0. The van der Waals surface area contributed by atoms with E-state index in [9.17, 15) is 24.3 Å². The maximum atomic E-state index is 14.8. The van der Waals surface area contributed by atoms with Gasteiger partial charge in [-0.2, -0.15) is 0 Å². The van der Waals surface area contributed by atoms with E-state index in [-0.39, 0.29) is 37.4 Å². The summed E-state index contributed by atoms with van der Waals surface area (Å²) in [7, 11) is 0. The van der Waals surface area contributed by atoms with Crippen molar-refractivity contribution < 1.29 is 33.8 Å². The number of aliphatic hydroxyl groups is 1. The predicted octanol–water partition coefficient (Wildman–Crippen LogP) is 2.73. The molecule has 0 aromatic heterocycles. The Kier molecular flexibility index (Phi) is 9.11. The van der Waals surface area contributed by atoms with Gasteiger partial charge in [0.1, 0.15) is 23.7 Å². The van der Waals surface area contributed by atoms with Gasteiger partial charge in [0.2, 0.25) is 17.7 Å². The van der Waals surface area contributed by atoms with Crippen LogP contribution >= 0.6 is 0 Å². The first kappa shape index (κ1) is 31.7. The summed E-state index contributed by atoms with van der Waals surface area (Å²) < 4.78 is 12.9. The van der Waals surface area contributed by atoms with Gasteiger partial charge in [0, 0.05) is 19.0 Å². The Labute approximate surface area is 269 Å². The monoisotopic (exact) mass is 627 g/mol. The molecule has 2 aromatic carbocycles. The van der Waals surface area contributed by atoms with E-state index in [1.54, 1.807) is 23.1 Å². The lowest BCUT2D eigenvalue weighted by Gasteiger charge is -2.39. The minimum Gasteiger partial charge on any atom is -0.455 e. The fourth-order valence-corrected chi connectivity index (χ4v) is 7.36. The molecule has 0 unspecified atom stereocenters. The van der Waals surface area contributed by atoms with Crippen molar-refractivity contribution in [1.82, 2.24) is 15.1 Å². The van der Waals surface area contributed by atoms with E-state index in [2.05, 4.69) is 5.32 Å². The highest BCUT2D eigenvalue weighted by atomic mass is 16.6. The minimum absolute atomic E-state index is 0.0699. The van der Waals surface area contributed by atoms with Crippen molar-refractivity contribution in [3.05, 3.63) is 96.1 Å². The van der Waals surface area contributed by atoms with Crippen molar-refractivity contribution >= 4 is 23.7 Å². The van der Waals surface area contributed by atoms with Gasteiger partial charge in [0.05, 0.1) is 31.2 Å². The molecular formula is C36H41N3O7. The SMILES string of the molecule is CC(C)N1CC=C[C@@]23O[C@H]4/C=C\CCC(=O)NC[C@H](c5ccccc5)OC(=O)[C@H]4[C@@H]2C(=O)N([C@@H](CO)Cc2ccccc2)[C@H]3C1=O. The van der Waals surface area contributed by atoms with E-state index in [1.165, 1.54) is 4.90 Å². The van der Waals surface area contributed by atoms with Gasteiger partial charge in [-0.25, -0.2) is 0 Å². The molecule has 0 bridgehead atoms. The van der Waals surface area contributed by atoms with Gasteiger partial charge in [-0.15, -0.1) is 0 Å². The number of likely N-dealkylation sites (tertiary alicyclic amines) is 1. The number of esters is 1. The zero-order valence-electron chi connectivity index (χ0n) is 26.2. The third-order valence-electron chi connectivity index (χ3n) is 9.55. The van der Waals surface area contributed by atoms with Crippen LogP contribution in [-0.4, -0.2) is 88.1 Å². The Morgan fingerprint density at radius 2 is 1.70 bits per heavy atom. The fraction of sp³-hybridized carbons (Fsp3) is 0.444.